The minimum atomic E-state index is -0.252. The molecule has 1 atom stereocenters. The Balaban J connectivity index is 1.58. The van der Waals surface area contributed by atoms with Crippen LogP contribution >= 0.6 is 0 Å². The molecule has 5 heteroatoms. The first kappa shape index (κ1) is 15.3. The number of aromatic amines is 1. The fourth-order valence-electron chi connectivity index (χ4n) is 3.50. The molecule has 1 unspecified atom stereocenters. The topological polar surface area (TPSA) is 74.0 Å². The monoisotopic (exact) mass is 303 g/mol. The van der Waals surface area contributed by atoms with Gasteiger partial charge in [0.25, 0.3) is 11.5 Å². The molecule has 3 rings (SSSR count). The summed E-state index contributed by atoms with van der Waals surface area (Å²) in [6, 6.07) is 1.80. The van der Waals surface area contributed by atoms with Gasteiger partial charge in [-0.05, 0) is 75.6 Å². The van der Waals surface area contributed by atoms with Crippen LogP contribution in [0.15, 0.2) is 10.9 Å². The number of hydrogen-bond acceptors (Lipinski definition) is 3. The Kier molecular flexibility index (Phi) is 4.93. The van der Waals surface area contributed by atoms with Crippen LogP contribution in [-0.2, 0) is 12.8 Å². The van der Waals surface area contributed by atoms with E-state index >= 15 is 0 Å². The second kappa shape index (κ2) is 7.09. The van der Waals surface area contributed by atoms with E-state index in [0.717, 1.165) is 56.5 Å². The lowest BCUT2D eigenvalue weighted by atomic mass is 9.94. The second-order valence-corrected chi connectivity index (χ2v) is 6.48. The SMILES string of the molecule is O=C(NCCC1CCCNC1)c1cc2c([nH]c1=O)CCCC2. The van der Waals surface area contributed by atoms with Crippen molar-refractivity contribution in [3.05, 3.63) is 33.2 Å². The zero-order valence-electron chi connectivity index (χ0n) is 13.0. The Morgan fingerprint density at radius 1 is 1.27 bits per heavy atom. The van der Waals surface area contributed by atoms with Crippen molar-refractivity contribution in [3.63, 3.8) is 0 Å². The predicted molar refractivity (Wildman–Crippen MR) is 86.2 cm³/mol. The van der Waals surface area contributed by atoms with E-state index in [0.29, 0.717) is 12.5 Å². The van der Waals surface area contributed by atoms with Crippen LogP contribution in [0.3, 0.4) is 0 Å². The standard InChI is InChI=1S/C17H25N3O2/c21-16(19-9-7-12-4-3-8-18-11-12)14-10-13-5-1-2-6-15(13)20-17(14)22/h10,12,18H,1-9,11H2,(H,19,21)(H,20,22). The summed E-state index contributed by atoms with van der Waals surface area (Å²) in [7, 11) is 0. The molecule has 120 valence electrons. The average molecular weight is 303 g/mol. The van der Waals surface area contributed by atoms with Crippen molar-refractivity contribution < 1.29 is 4.79 Å². The summed E-state index contributed by atoms with van der Waals surface area (Å²) < 4.78 is 0. The Morgan fingerprint density at radius 2 is 2.14 bits per heavy atom. The van der Waals surface area contributed by atoms with Crippen molar-refractivity contribution in [2.24, 2.45) is 5.92 Å². The number of aryl methyl sites for hydroxylation is 2. The van der Waals surface area contributed by atoms with Gasteiger partial charge in [0.15, 0.2) is 0 Å². The molecule has 0 radical (unpaired) electrons. The van der Waals surface area contributed by atoms with Gasteiger partial charge in [0.1, 0.15) is 5.56 Å². The van der Waals surface area contributed by atoms with E-state index in [1.807, 2.05) is 0 Å². The maximum Gasteiger partial charge on any atom is 0.261 e. The summed E-state index contributed by atoms with van der Waals surface area (Å²) in [4.78, 5) is 27.2. The van der Waals surface area contributed by atoms with E-state index in [4.69, 9.17) is 0 Å². The maximum absolute atomic E-state index is 12.2. The first-order valence-corrected chi connectivity index (χ1v) is 8.48. The number of pyridine rings is 1. The van der Waals surface area contributed by atoms with Crippen molar-refractivity contribution in [3.8, 4) is 0 Å². The zero-order valence-corrected chi connectivity index (χ0v) is 13.0. The number of aromatic nitrogens is 1. The molecule has 0 aromatic carbocycles. The fourth-order valence-corrected chi connectivity index (χ4v) is 3.50. The largest absolute Gasteiger partial charge is 0.352 e. The molecule has 2 heterocycles. The van der Waals surface area contributed by atoms with Crippen molar-refractivity contribution in [2.45, 2.75) is 44.9 Å². The molecular formula is C17H25N3O2. The van der Waals surface area contributed by atoms with Gasteiger partial charge in [-0.3, -0.25) is 9.59 Å². The molecule has 1 aliphatic heterocycles. The Labute approximate surface area is 130 Å². The first-order chi connectivity index (χ1) is 10.7. The number of H-pyrrole nitrogens is 1. The quantitative estimate of drug-likeness (QED) is 0.786. The molecule has 1 aromatic heterocycles. The summed E-state index contributed by atoms with van der Waals surface area (Å²) in [5.41, 5.74) is 2.16. The minimum Gasteiger partial charge on any atom is -0.352 e. The molecule has 1 aliphatic carbocycles. The number of nitrogens with one attached hydrogen (secondary N) is 3. The molecule has 22 heavy (non-hydrogen) atoms. The van der Waals surface area contributed by atoms with E-state index in [1.165, 1.54) is 12.8 Å². The fraction of sp³-hybridized carbons (Fsp3) is 0.647. The third kappa shape index (κ3) is 3.58. The van der Waals surface area contributed by atoms with Crippen LogP contribution in [0.5, 0.6) is 0 Å². The molecule has 1 amide bonds. The van der Waals surface area contributed by atoms with Gasteiger partial charge in [-0.1, -0.05) is 0 Å². The van der Waals surface area contributed by atoms with Crippen LogP contribution in [0.4, 0.5) is 0 Å². The Hall–Kier alpha value is -1.62. The lowest BCUT2D eigenvalue weighted by Crippen LogP contribution is -2.35. The average Bonchev–Trinajstić information content (AvgIpc) is 2.55. The highest BCUT2D eigenvalue weighted by Gasteiger charge is 2.18. The number of fused-ring (bicyclic) bond motifs is 1. The van der Waals surface area contributed by atoms with E-state index in [-0.39, 0.29) is 17.0 Å². The number of hydrogen-bond donors (Lipinski definition) is 3. The van der Waals surface area contributed by atoms with Crippen molar-refractivity contribution >= 4 is 5.91 Å². The van der Waals surface area contributed by atoms with Gasteiger partial charge in [-0.25, -0.2) is 0 Å². The number of rotatable bonds is 4. The Bertz CT molecular complexity index is 588. The van der Waals surface area contributed by atoms with E-state index in [2.05, 4.69) is 15.6 Å². The van der Waals surface area contributed by atoms with Crippen LogP contribution in [0.25, 0.3) is 0 Å². The lowest BCUT2D eigenvalue weighted by Gasteiger charge is -2.22. The molecule has 0 spiro atoms. The molecule has 1 aromatic rings. The number of amides is 1. The van der Waals surface area contributed by atoms with Crippen molar-refractivity contribution in [1.82, 2.24) is 15.6 Å². The van der Waals surface area contributed by atoms with Gasteiger partial charge in [0.2, 0.25) is 0 Å². The van der Waals surface area contributed by atoms with Gasteiger partial charge in [-0.15, -0.1) is 0 Å². The predicted octanol–water partition coefficient (Wildman–Crippen LogP) is 1.37. The van der Waals surface area contributed by atoms with Crippen LogP contribution in [0.1, 0.15) is 53.7 Å². The number of carbonyl (C=O) groups is 1. The van der Waals surface area contributed by atoms with E-state index in [9.17, 15) is 9.59 Å². The molecule has 1 saturated heterocycles. The zero-order chi connectivity index (χ0) is 15.4. The summed E-state index contributed by atoms with van der Waals surface area (Å²) in [5, 5.41) is 6.29. The van der Waals surface area contributed by atoms with Gasteiger partial charge >= 0.3 is 0 Å². The molecule has 5 nitrogen and oxygen atoms in total. The minimum absolute atomic E-state index is 0.238. The molecule has 0 saturated carbocycles. The van der Waals surface area contributed by atoms with Gasteiger partial charge in [0.05, 0.1) is 0 Å². The third-order valence-electron chi connectivity index (χ3n) is 4.82. The number of carbonyl (C=O) groups excluding carboxylic acids is 1. The molecule has 2 aliphatic rings. The number of piperidine rings is 1. The van der Waals surface area contributed by atoms with Crippen LogP contribution in [0.2, 0.25) is 0 Å². The van der Waals surface area contributed by atoms with Crippen LogP contribution < -0.4 is 16.2 Å². The third-order valence-corrected chi connectivity index (χ3v) is 4.82. The summed E-state index contributed by atoms with van der Waals surface area (Å²) in [5.74, 6) is 0.397. The van der Waals surface area contributed by atoms with Crippen molar-refractivity contribution in [2.75, 3.05) is 19.6 Å². The first-order valence-electron chi connectivity index (χ1n) is 8.48. The van der Waals surface area contributed by atoms with Gasteiger partial charge < -0.3 is 15.6 Å². The molecule has 1 fully saturated rings. The van der Waals surface area contributed by atoms with Crippen molar-refractivity contribution in [1.29, 1.82) is 0 Å². The highest BCUT2D eigenvalue weighted by atomic mass is 16.2. The second-order valence-electron chi connectivity index (χ2n) is 6.48. The van der Waals surface area contributed by atoms with Crippen LogP contribution in [0, 0.1) is 5.92 Å². The van der Waals surface area contributed by atoms with E-state index < -0.39 is 0 Å². The maximum atomic E-state index is 12.2. The van der Waals surface area contributed by atoms with E-state index in [1.54, 1.807) is 6.07 Å². The van der Waals surface area contributed by atoms with Gasteiger partial charge in [-0.2, -0.15) is 0 Å². The smallest absolute Gasteiger partial charge is 0.261 e. The summed E-state index contributed by atoms with van der Waals surface area (Å²) in [6.07, 6.45) is 7.53. The molecular weight excluding hydrogens is 278 g/mol. The normalized spacial score (nSPS) is 21.2. The highest BCUT2D eigenvalue weighted by molar-refractivity contribution is 5.94. The molecule has 0 bridgehead atoms. The Morgan fingerprint density at radius 3 is 2.95 bits per heavy atom. The summed E-state index contributed by atoms with van der Waals surface area (Å²) >= 11 is 0. The summed E-state index contributed by atoms with van der Waals surface area (Å²) in [6.45, 7) is 2.78. The van der Waals surface area contributed by atoms with Gasteiger partial charge in [0, 0.05) is 12.2 Å². The lowest BCUT2D eigenvalue weighted by molar-refractivity contribution is 0.0949. The highest BCUT2D eigenvalue weighted by Crippen LogP contribution is 2.18. The molecule has 3 N–H and O–H groups in total. The van der Waals surface area contributed by atoms with Crippen LogP contribution in [-0.4, -0.2) is 30.5 Å².